The summed E-state index contributed by atoms with van der Waals surface area (Å²) in [5.74, 6) is 0.277. The number of pyridine rings is 1. The second kappa shape index (κ2) is 8.00. The number of nitrogens with zero attached hydrogens (tertiary/aromatic N) is 1. The second-order valence-electron chi connectivity index (χ2n) is 6.91. The Morgan fingerprint density at radius 1 is 0.926 bits per heavy atom. The van der Waals surface area contributed by atoms with Crippen LogP contribution in [0.3, 0.4) is 0 Å². The third-order valence-corrected chi connectivity index (χ3v) is 4.89. The van der Waals surface area contributed by atoms with E-state index in [0.29, 0.717) is 12.8 Å². The Labute approximate surface area is 159 Å². The molecule has 3 heteroatoms. The van der Waals surface area contributed by atoms with Crippen LogP contribution in [0.1, 0.15) is 24.0 Å². The first kappa shape index (κ1) is 17.2. The predicted octanol–water partition coefficient (Wildman–Crippen LogP) is 5.36. The van der Waals surface area contributed by atoms with Crippen molar-refractivity contribution in [3.05, 3.63) is 90.4 Å². The summed E-state index contributed by atoms with van der Waals surface area (Å²) in [5, 5.41) is 1.23. The van der Waals surface area contributed by atoms with Gasteiger partial charge in [-0.2, -0.15) is 0 Å². The van der Waals surface area contributed by atoms with Crippen LogP contribution in [0, 0.1) is 0 Å². The van der Waals surface area contributed by atoms with Crippen molar-refractivity contribution in [2.45, 2.75) is 25.7 Å². The summed E-state index contributed by atoms with van der Waals surface area (Å²) in [7, 11) is 0. The van der Waals surface area contributed by atoms with Gasteiger partial charge in [0.2, 0.25) is 0 Å². The van der Waals surface area contributed by atoms with Crippen molar-refractivity contribution < 1.29 is 4.79 Å². The molecule has 0 aliphatic rings. The maximum atomic E-state index is 12.1. The number of rotatable bonds is 7. The number of aromatic amines is 1. The fraction of sp³-hybridized carbons (Fsp3) is 0.167. The average Bonchev–Trinajstić information content (AvgIpc) is 3.17. The van der Waals surface area contributed by atoms with Gasteiger partial charge in [-0.05, 0) is 64.7 Å². The van der Waals surface area contributed by atoms with Crippen molar-refractivity contribution >= 4 is 16.7 Å². The van der Waals surface area contributed by atoms with E-state index in [1.54, 1.807) is 12.4 Å². The molecule has 0 atom stereocenters. The zero-order chi connectivity index (χ0) is 18.5. The molecule has 2 aromatic carbocycles. The molecule has 4 rings (SSSR count). The molecule has 2 aromatic heterocycles. The van der Waals surface area contributed by atoms with Crippen molar-refractivity contribution in [2.24, 2.45) is 0 Å². The minimum absolute atomic E-state index is 0.277. The van der Waals surface area contributed by atoms with E-state index < -0.39 is 0 Å². The fourth-order valence-electron chi connectivity index (χ4n) is 3.41. The molecule has 0 saturated carbocycles. The molecule has 0 aliphatic heterocycles. The monoisotopic (exact) mass is 354 g/mol. The molecule has 0 aliphatic carbocycles. The van der Waals surface area contributed by atoms with Crippen LogP contribution in [0.2, 0.25) is 0 Å². The number of H-pyrrole nitrogens is 1. The molecule has 2 heterocycles. The number of ketones is 1. The van der Waals surface area contributed by atoms with E-state index in [1.165, 1.54) is 22.1 Å². The van der Waals surface area contributed by atoms with E-state index in [9.17, 15) is 4.79 Å². The van der Waals surface area contributed by atoms with Gasteiger partial charge in [0.15, 0.2) is 0 Å². The first-order chi connectivity index (χ1) is 13.3. The maximum Gasteiger partial charge on any atom is 0.137 e. The van der Waals surface area contributed by atoms with Crippen molar-refractivity contribution in [1.82, 2.24) is 9.97 Å². The minimum Gasteiger partial charge on any atom is -0.361 e. The van der Waals surface area contributed by atoms with Gasteiger partial charge in [0, 0.05) is 36.9 Å². The number of nitrogens with one attached hydrogen (secondary N) is 1. The molecule has 1 N–H and O–H groups in total. The van der Waals surface area contributed by atoms with Crippen LogP contribution < -0.4 is 0 Å². The van der Waals surface area contributed by atoms with E-state index >= 15 is 0 Å². The average molecular weight is 354 g/mol. The van der Waals surface area contributed by atoms with Crippen molar-refractivity contribution in [3.63, 3.8) is 0 Å². The molecule has 0 saturated heterocycles. The van der Waals surface area contributed by atoms with Crippen LogP contribution in [-0.2, 0) is 17.6 Å². The lowest BCUT2D eigenvalue weighted by molar-refractivity contribution is -0.118. The molecule has 4 aromatic rings. The molecule has 0 bridgehead atoms. The Balaban J connectivity index is 1.32. The van der Waals surface area contributed by atoms with Gasteiger partial charge < -0.3 is 4.98 Å². The molecular formula is C24H22N2O. The van der Waals surface area contributed by atoms with Crippen molar-refractivity contribution in [1.29, 1.82) is 0 Å². The smallest absolute Gasteiger partial charge is 0.137 e. The third kappa shape index (κ3) is 4.32. The number of hydrogen-bond donors (Lipinski definition) is 1. The van der Waals surface area contributed by atoms with Gasteiger partial charge in [0.1, 0.15) is 5.78 Å². The number of hydrogen-bond acceptors (Lipinski definition) is 2. The van der Waals surface area contributed by atoms with E-state index in [1.807, 2.05) is 18.3 Å². The number of carbonyl (C=O) groups excluding carboxylic acids is 1. The molecule has 134 valence electrons. The Morgan fingerprint density at radius 3 is 2.59 bits per heavy atom. The maximum absolute atomic E-state index is 12.1. The summed E-state index contributed by atoms with van der Waals surface area (Å²) in [6, 6.07) is 21.1. The van der Waals surface area contributed by atoms with Crippen LogP contribution >= 0.6 is 0 Å². The van der Waals surface area contributed by atoms with Gasteiger partial charge in [-0.15, -0.1) is 0 Å². The molecule has 0 radical (unpaired) electrons. The van der Waals surface area contributed by atoms with E-state index in [-0.39, 0.29) is 5.78 Å². The Hall–Kier alpha value is -3.20. The first-order valence-electron chi connectivity index (χ1n) is 9.35. The summed E-state index contributed by atoms with van der Waals surface area (Å²) >= 11 is 0. The molecule has 0 unspecified atom stereocenters. The van der Waals surface area contributed by atoms with Gasteiger partial charge in [-0.25, -0.2) is 0 Å². The minimum atomic E-state index is 0.277. The standard InChI is InChI=1S/C24H22N2O/c27-23(15-19-4-2-13-25-17-19)5-1-3-18-6-8-20(9-7-18)21-10-11-24-22(16-21)12-14-26-24/h2,4,6-14,16-17,26H,1,3,5,15H2. The lowest BCUT2D eigenvalue weighted by Gasteiger charge is -2.06. The lowest BCUT2D eigenvalue weighted by Crippen LogP contribution is -2.03. The largest absolute Gasteiger partial charge is 0.361 e. The van der Waals surface area contributed by atoms with Crippen LogP contribution in [0.4, 0.5) is 0 Å². The Bertz CT molecular complexity index is 1030. The fourth-order valence-corrected chi connectivity index (χ4v) is 3.41. The highest BCUT2D eigenvalue weighted by molar-refractivity contribution is 5.85. The topological polar surface area (TPSA) is 45.8 Å². The third-order valence-electron chi connectivity index (χ3n) is 4.89. The highest BCUT2D eigenvalue weighted by Crippen LogP contribution is 2.24. The molecule has 0 spiro atoms. The Morgan fingerprint density at radius 2 is 1.78 bits per heavy atom. The number of fused-ring (bicyclic) bond motifs is 1. The summed E-state index contributed by atoms with van der Waals surface area (Å²) in [6.07, 6.45) is 8.36. The van der Waals surface area contributed by atoms with Crippen LogP contribution in [0.25, 0.3) is 22.0 Å². The van der Waals surface area contributed by atoms with Gasteiger partial charge in [-0.3, -0.25) is 9.78 Å². The molecule has 0 fully saturated rings. The number of aryl methyl sites for hydroxylation is 1. The quantitative estimate of drug-likeness (QED) is 0.485. The zero-order valence-electron chi connectivity index (χ0n) is 15.2. The first-order valence-corrected chi connectivity index (χ1v) is 9.35. The van der Waals surface area contributed by atoms with Crippen molar-refractivity contribution in [3.8, 4) is 11.1 Å². The van der Waals surface area contributed by atoms with Gasteiger partial charge >= 0.3 is 0 Å². The predicted molar refractivity (Wildman–Crippen MR) is 110 cm³/mol. The van der Waals surface area contributed by atoms with Gasteiger partial charge in [0.25, 0.3) is 0 Å². The van der Waals surface area contributed by atoms with Gasteiger partial charge in [-0.1, -0.05) is 36.4 Å². The summed E-state index contributed by atoms with van der Waals surface area (Å²) in [4.78, 5) is 19.4. The number of aromatic nitrogens is 2. The van der Waals surface area contributed by atoms with Crippen LogP contribution in [0.15, 0.2) is 79.3 Å². The molecule has 0 amide bonds. The van der Waals surface area contributed by atoms with Crippen LogP contribution in [0.5, 0.6) is 0 Å². The zero-order valence-corrected chi connectivity index (χ0v) is 15.2. The highest BCUT2D eigenvalue weighted by atomic mass is 16.1. The van der Waals surface area contributed by atoms with Gasteiger partial charge in [0.05, 0.1) is 0 Å². The summed E-state index contributed by atoms with van der Waals surface area (Å²) < 4.78 is 0. The highest BCUT2D eigenvalue weighted by Gasteiger charge is 2.05. The van der Waals surface area contributed by atoms with Crippen LogP contribution in [-0.4, -0.2) is 15.8 Å². The normalized spacial score (nSPS) is 11.0. The number of carbonyl (C=O) groups is 1. The Kier molecular flexibility index (Phi) is 5.10. The van der Waals surface area contributed by atoms with E-state index in [2.05, 4.69) is 58.5 Å². The summed E-state index contributed by atoms with van der Waals surface area (Å²) in [5.41, 5.74) is 5.86. The number of Topliss-reactive ketones (excluding diaryl/α,β-unsaturated/α-hetero) is 1. The summed E-state index contributed by atoms with van der Waals surface area (Å²) in [6.45, 7) is 0. The van der Waals surface area contributed by atoms with E-state index in [0.717, 1.165) is 23.9 Å². The van der Waals surface area contributed by atoms with E-state index in [4.69, 9.17) is 0 Å². The molecular weight excluding hydrogens is 332 g/mol. The van der Waals surface area contributed by atoms with Crippen molar-refractivity contribution in [2.75, 3.05) is 0 Å². The number of benzene rings is 2. The molecule has 3 nitrogen and oxygen atoms in total. The lowest BCUT2D eigenvalue weighted by atomic mass is 9.99. The second-order valence-corrected chi connectivity index (χ2v) is 6.91. The SMILES string of the molecule is O=C(CCCc1ccc(-c2ccc3[nH]ccc3c2)cc1)Cc1cccnc1. The molecule has 27 heavy (non-hydrogen) atoms.